The highest BCUT2D eigenvalue weighted by Crippen LogP contribution is 2.33. The molecule has 30 heavy (non-hydrogen) atoms. The maximum atomic E-state index is 8.88. The first-order valence-corrected chi connectivity index (χ1v) is 10.9. The van der Waals surface area contributed by atoms with Crippen molar-refractivity contribution in [3.8, 4) is 11.5 Å². The number of allylic oxidation sites excluding steroid dienone is 4. The van der Waals surface area contributed by atoms with Gasteiger partial charge in [0.2, 0.25) is 0 Å². The molecule has 0 bridgehead atoms. The maximum Gasteiger partial charge on any atom is 0.466 e. The van der Waals surface area contributed by atoms with Crippen molar-refractivity contribution in [1.29, 1.82) is 0 Å². The molecule has 0 atom stereocenters. The average molecular weight is 428 g/mol. The van der Waals surface area contributed by atoms with Gasteiger partial charge in [-0.3, -0.25) is 0 Å². The second-order valence-corrected chi connectivity index (χ2v) is 7.40. The van der Waals surface area contributed by atoms with Crippen LogP contribution in [-0.4, -0.2) is 14.7 Å². The van der Waals surface area contributed by atoms with E-state index < -0.39 is 7.82 Å². The van der Waals surface area contributed by atoms with Crippen LogP contribution in [-0.2, 0) is 30.2 Å². The molecule has 0 aliphatic heterocycles. The van der Waals surface area contributed by atoms with Crippen molar-refractivity contribution < 1.29 is 24.0 Å². The minimum absolute atomic E-state index is 0.766. The van der Waals surface area contributed by atoms with Gasteiger partial charge in [-0.2, -0.15) is 0 Å². The zero-order valence-electron chi connectivity index (χ0n) is 17.0. The van der Waals surface area contributed by atoms with E-state index in [1.165, 1.54) is 11.1 Å². The molecule has 0 saturated carbocycles. The number of ether oxygens (including phenoxy) is 1. The van der Waals surface area contributed by atoms with E-state index in [-0.39, 0.29) is 0 Å². The van der Waals surface area contributed by atoms with Crippen molar-refractivity contribution in [1.82, 2.24) is 0 Å². The van der Waals surface area contributed by atoms with E-state index in [0.717, 1.165) is 48.3 Å². The van der Waals surface area contributed by atoms with Gasteiger partial charge in [0, 0.05) is 11.1 Å². The molecule has 160 valence electrons. The van der Waals surface area contributed by atoms with Crippen LogP contribution in [0.5, 0.6) is 11.5 Å². The second-order valence-electron chi connectivity index (χ2n) is 6.37. The summed E-state index contributed by atoms with van der Waals surface area (Å²) in [5, 5.41) is 0. The van der Waals surface area contributed by atoms with E-state index in [1.54, 1.807) is 0 Å². The van der Waals surface area contributed by atoms with Crippen LogP contribution in [0.1, 0.15) is 22.3 Å². The molecule has 0 aromatic heterocycles. The molecule has 2 rings (SSSR count). The van der Waals surface area contributed by atoms with Crippen LogP contribution in [0.15, 0.2) is 87.0 Å². The molecule has 0 spiro atoms. The van der Waals surface area contributed by atoms with Gasteiger partial charge in [0.05, 0.1) is 0 Å². The van der Waals surface area contributed by atoms with Crippen LogP contribution in [0.25, 0.3) is 0 Å². The highest BCUT2D eigenvalue weighted by atomic mass is 31.2. The monoisotopic (exact) mass is 428 g/mol. The van der Waals surface area contributed by atoms with E-state index in [9.17, 15) is 0 Å². The third-order valence-corrected chi connectivity index (χ3v) is 4.11. The molecular formula is C24H29O5P. The number of rotatable bonds is 10. The molecule has 0 amide bonds. The Labute approximate surface area is 178 Å². The summed E-state index contributed by atoms with van der Waals surface area (Å²) in [6, 6.07) is 12.3. The Morgan fingerprint density at radius 1 is 0.700 bits per heavy atom. The zero-order valence-corrected chi connectivity index (χ0v) is 17.9. The van der Waals surface area contributed by atoms with Gasteiger partial charge in [-0.15, -0.1) is 26.3 Å². The van der Waals surface area contributed by atoms with Gasteiger partial charge in [-0.25, -0.2) is 4.57 Å². The molecule has 0 saturated heterocycles. The normalized spacial score (nSPS) is 10.4. The van der Waals surface area contributed by atoms with Crippen LogP contribution in [0.3, 0.4) is 0 Å². The molecule has 5 nitrogen and oxygen atoms in total. The summed E-state index contributed by atoms with van der Waals surface area (Å²) in [4.78, 5) is 21.6. The smallest absolute Gasteiger partial charge is 0.457 e. The summed E-state index contributed by atoms with van der Waals surface area (Å²) in [7, 11) is -4.64. The van der Waals surface area contributed by atoms with Gasteiger partial charge < -0.3 is 19.4 Å². The van der Waals surface area contributed by atoms with Crippen LogP contribution in [0.2, 0.25) is 0 Å². The third-order valence-electron chi connectivity index (χ3n) is 4.11. The highest BCUT2D eigenvalue weighted by molar-refractivity contribution is 7.45. The molecule has 2 aromatic rings. The third kappa shape index (κ3) is 8.76. The molecule has 0 radical (unpaired) electrons. The largest absolute Gasteiger partial charge is 0.466 e. The molecule has 3 N–H and O–H groups in total. The lowest BCUT2D eigenvalue weighted by molar-refractivity contribution is 0.275. The summed E-state index contributed by atoms with van der Waals surface area (Å²) >= 11 is 0. The van der Waals surface area contributed by atoms with Crippen molar-refractivity contribution in [3.05, 3.63) is 109 Å². The molecule has 0 aliphatic carbocycles. The van der Waals surface area contributed by atoms with Crippen LogP contribution in [0.4, 0.5) is 0 Å². The Kier molecular flexibility index (Phi) is 10.8. The number of phosphoric acid groups is 1. The first-order chi connectivity index (χ1) is 14.2. The number of benzene rings is 2. The standard InChI is InChI=1S/C24H26O.H3O4P/c1-5-11-19-15-9-17-23(21(19)13-7-3)25-24-18-10-16-20(12-6-2)22(24)14-8-4;1-5(2,3)4/h5-10,15-18H,1-4,11-14H2;(H3,1,2,3,4). The zero-order chi connectivity index (χ0) is 22.6. The maximum absolute atomic E-state index is 8.88. The van der Waals surface area contributed by atoms with Gasteiger partial charge >= 0.3 is 7.82 Å². The fourth-order valence-corrected chi connectivity index (χ4v) is 2.98. The van der Waals surface area contributed by atoms with E-state index in [4.69, 9.17) is 24.0 Å². The molecule has 0 fully saturated rings. The van der Waals surface area contributed by atoms with E-state index in [0.29, 0.717) is 0 Å². The van der Waals surface area contributed by atoms with Gasteiger partial charge in [-0.05, 0) is 48.9 Å². The van der Waals surface area contributed by atoms with Crippen molar-refractivity contribution in [3.63, 3.8) is 0 Å². The van der Waals surface area contributed by atoms with Gasteiger partial charge in [0.25, 0.3) is 0 Å². The molecule has 0 heterocycles. The first-order valence-electron chi connectivity index (χ1n) is 9.36. The lowest BCUT2D eigenvalue weighted by Crippen LogP contribution is -2.00. The Morgan fingerprint density at radius 3 is 1.33 bits per heavy atom. The summed E-state index contributed by atoms with van der Waals surface area (Å²) in [6.07, 6.45) is 10.8. The van der Waals surface area contributed by atoms with Crippen molar-refractivity contribution in [2.75, 3.05) is 0 Å². The quantitative estimate of drug-likeness (QED) is 0.345. The van der Waals surface area contributed by atoms with Crippen LogP contribution in [0, 0.1) is 0 Å². The Morgan fingerprint density at radius 2 is 1.03 bits per heavy atom. The summed E-state index contributed by atoms with van der Waals surface area (Å²) in [6.45, 7) is 15.5. The molecular weight excluding hydrogens is 399 g/mol. The molecule has 6 heteroatoms. The highest BCUT2D eigenvalue weighted by Gasteiger charge is 2.12. The van der Waals surface area contributed by atoms with Crippen molar-refractivity contribution >= 4 is 7.82 Å². The van der Waals surface area contributed by atoms with E-state index >= 15 is 0 Å². The second kappa shape index (κ2) is 12.8. The predicted molar refractivity (Wildman–Crippen MR) is 123 cm³/mol. The summed E-state index contributed by atoms with van der Waals surface area (Å²) in [5.74, 6) is 1.75. The number of hydrogen-bond acceptors (Lipinski definition) is 2. The lowest BCUT2D eigenvalue weighted by atomic mass is 9.99. The first kappa shape index (κ1) is 25.3. The van der Waals surface area contributed by atoms with Crippen LogP contribution < -0.4 is 4.74 Å². The number of hydrogen-bond donors (Lipinski definition) is 3. The van der Waals surface area contributed by atoms with Crippen LogP contribution >= 0.6 is 7.82 Å². The summed E-state index contributed by atoms with van der Waals surface area (Å²) in [5.41, 5.74) is 4.77. The fraction of sp³-hybridized carbons (Fsp3) is 0.167. The predicted octanol–water partition coefficient (Wildman–Crippen LogP) is 5.46. The SMILES string of the molecule is C=CCc1cccc(Oc2cccc(CC=C)c2CC=C)c1CC=C.O=P(O)(O)O. The lowest BCUT2D eigenvalue weighted by Gasteiger charge is -2.17. The molecule has 0 unspecified atom stereocenters. The fourth-order valence-electron chi connectivity index (χ4n) is 2.98. The minimum atomic E-state index is -4.64. The van der Waals surface area contributed by atoms with Crippen molar-refractivity contribution in [2.24, 2.45) is 0 Å². The average Bonchev–Trinajstić information content (AvgIpc) is 2.66. The molecule has 0 aliphatic rings. The molecule has 2 aromatic carbocycles. The van der Waals surface area contributed by atoms with Gasteiger partial charge in [0.1, 0.15) is 11.5 Å². The van der Waals surface area contributed by atoms with Gasteiger partial charge in [0.15, 0.2) is 0 Å². The van der Waals surface area contributed by atoms with E-state index in [1.807, 2.05) is 48.6 Å². The van der Waals surface area contributed by atoms with Crippen molar-refractivity contribution in [2.45, 2.75) is 25.7 Å². The Balaban J connectivity index is 0.000000804. The Bertz CT molecular complexity index is 853. The Hall–Kier alpha value is -2.69. The van der Waals surface area contributed by atoms with Gasteiger partial charge in [-0.1, -0.05) is 48.6 Å². The topological polar surface area (TPSA) is 87.0 Å². The summed E-state index contributed by atoms with van der Waals surface area (Å²) < 4.78 is 15.2. The van der Waals surface area contributed by atoms with E-state index in [2.05, 4.69) is 38.4 Å². The minimum Gasteiger partial charge on any atom is -0.457 e.